The Bertz CT molecular complexity index is 464. The minimum Gasteiger partial charge on any atom is -0.393 e. The Morgan fingerprint density at radius 3 is 2.63 bits per heavy atom. The fourth-order valence-electron chi connectivity index (χ4n) is 2.57. The van der Waals surface area contributed by atoms with Crippen LogP contribution in [0.15, 0.2) is 0 Å². The van der Waals surface area contributed by atoms with E-state index in [1.54, 1.807) is 11.7 Å². The first-order valence-corrected chi connectivity index (χ1v) is 6.67. The summed E-state index contributed by atoms with van der Waals surface area (Å²) in [5.41, 5.74) is 0.585. The van der Waals surface area contributed by atoms with Crippen LogP contribution in [0.5, 0.6) is 0 Å². The molecule has 1 fully saturated rings. The maximum absolute atomic E-state index is 11.2. The molecule has 1 aromatic heterocycles. The molecule has 106 valence electrons. The summed E-state index contributed by atoms with van der Waals surface area (Å²) >= 11 is 0. The van der Waals surface area contributed by atoms with E-state index in [9.17, 15) is 15.2 Å². The summed E-state index contributed by atoms with van der Waals surface area (Å²) in [7, 11) is 1.71. The predicted molar refractivity (Wildman–Crippen MR) is 71.1 cm³/mol. The van der Waals surface area contributed by atoms with Gasteiger partial charge in [-0.2, -0.15) is 5.10 Å². The van der Waals surface area contributed by atoms with Crippen LogP contribution in [0.2, 0.25) is 0 Å². The molecule has 0 amide bonds. The number of rotatable bonds is 4. The third-order valence-electron chi connectivity index (χ3n) is 3.65. The predicted octanol–water partition coefficient (Wildman–Crippen LogP) is 1.61. The molecule has 0 bridgehead atoms. The van der Waals surface area contributed by atoms with Crippen molar-refractivity contribution in [3.8, 4) is 0 Å². The maximum Gasteiger partial charge on any atom is 0.333 e. The third-order valence-corrected chi connectivity index (χ3v) is 3.65. The van der Waals surface area contributed by atoms with Gasteiger partial charge in [-0.15, -0.1) is 0 Å². The Balaban J connectivity index is 2.19. The molecule has 2 N–H and O–H groups in total. The molecule has 0 unspecified atom stereocenters. The number of anilines is 1. The number of hydrogen-bond acceptors (Lipinski definition) is 5. The number of aryl methyl sites for hydroxylation is 2. The molecule has 0 aliphatic heterocycles. The second-order valence-electron chi connectivity index (χ2n) is 5.03. The van der Waals surface area contributed by atoms with Crippen LogP contribution in [0.1, 0.15) is 38.3 Å². The lowest BCUT2D eigenvalue weighted by atomic mass is 9.93. The van der Waals surface area contributed by atoms with Crippen molar-refractivity contribution in [3.05, 3.63) is 15.8 Å². The molecular weight excluding hydrogens is 248 g/mol. The van der Waals surface area contributed by atoms with Crippen LogP contribution in [0.4, 0.5) is 11.5 Å². The summed E-state index contributed by atoms with van der Waals surface area (Å²) in [5, 5.41) is 28.1. The number of aliphatic hydroxyl groups is 1. The van der Waals surface area contributed by atoms with Crippen LogP contribution in [0.3, 0.4) is 0 Å². The van der Waals surface area contributed by atoms with E-state index < -0.39 is 0 Å². The van der Waals surface area contributed by atoms with Crippen molar-refractivity contribution in [3.63, 3.8) is 0 Å². The molecule has 1 aliphatic carbocycles. The van der Waals surface area contributed by atoms with E-state index in [1.807, 2.05) is 6.92 Å². The van der Waals surface area contributed by atoms with Crippen molar-refractivity contribution < 1.29 is 10.0 Å². The Morgan fingerprint density at radius 1 is 1.47 bits per heavy atom. The lowest BCUT2D eigenvalue weighted by molar-refractivity contribution is -0.384. The van der Waals surface area contributed by atoms with E-state index in [1.165, 1.54) is 0 Å². The highest BCUT2D eigenvalue weighted by atomic mass is 16.6. The molecule has 0 spiro atoms. The van der Waals surface area contributed by atoms with Gasteiger partial charge in [0.1, 0.15) is 5.69 Å². The van der Waals surface area contributed by atoms with E-state index in [2.05, 4.69) is 10.4 Å². The highest BCUT2D eigenvalue weighted by Crippen LogP contribution is 2.31. The lowest BCUT2D eigenvalue weighted by Gasteiger charge is -2.26. The first kappa shape index (κ1) is 13.8. The zero-order valence-electron chi connectivity index (χ0n) is 11.3. The van der Waals surface area contributed by atoms with E-state index in [0.717, 1.165) is 25.7 Å². The molecule has 1 aliphatic rings. The van der Waals surface area contributed by atoms with Gasteiger partial charge in [-0.05, 0) is 32.1 Å². The highest BCUT2D eigenvalue weighted by Gasteiger charge is 2.28. The van der Waals surface area contributed by atoms with Gasteiger partial charge in [0.15, 0.2) is 0 Å². The van der Waals surface area contributed by atoms with Crippen LogP contribution < -0.4 is 5.32 Å². The van der Waals surface area contributed by atoms with Crippen molar-refractivity contribution in [2.24, 2.45) is 7.05 Å². The quantitative estimate of drug-likeness (QED) is 0.639. The monoisotopic (exact) mass is 268 g/mol. The van der Waals surface area contributed by atoms with E-state index in [-0.39, 0.29) is 22.8 Å². The third kappa shape index (κ3) is 2.86. The first-order chi connectivity index (χ1) is 9.02. The summed E-state index contributed by atoms with van der Waals surface area (Å²) in [6.45, 7) is 1.86. The molecule has 0 atom stereocenters. The number of nitrogens with one attached hydrogen (secondary N) is 1. The molecule has 1 aromatic rings. The Labute approximate surface area is 111 Å². The zero-order valence-corrected chi connectivity index (χ0v) is 11.3. The standard InChI is InChI=1S/C12H20N4O3/c1-3-10-11(16(18)19)12(15(2)14-10)13-8-4-6-9(17)7-5-8/h8-9,13,17H,3-7H2,1-2H3. The van der Waals surface area contributed by atoms with Crippen molar-refractivity contribution in [1.29, 1.82) is 0 Å². The lowest BCUT2D eigenvalue weighted by Crippen LogP contribution is -2.29. The molecule has 1 heterocycles. The molecule has 0 aromatic carbocycles. The minimum absolute atomic E-state index is 0.0797. The summed E-state index contributed by atoms with van der Waals surface area (Å²) in [6, 6.07) is 0.169. The normalized spacial score (nSPS) is 23.3. The fraction of sp³-hybridized carbons (Fsp3) is 0.750. The second kappa shape index (κ2) is 5.56. The van der Waals surface area contributed by atoms with Crippen LogP contribution in [0.25, 0.3) is 0 Å². The largest absolute Gasteiger partial charge is 0.393 e. The average Bonchev–Trinajstić information content (AvgIpc) is 2.69. The number of aliphatic hydroxyl groups excluding tert-OH is 1. The maximum atomic E-state index is 11.2. The fourth-order valence-corrected chi connectivity index (χ4v) is 2.57. The van der Waals surface area contributed by atoms with Crippen molar-refractivity contribution in [2.45, 2.75) is 51.2 Å². The number of nitrogens with zero attached hydrogens (tertiary/aromatic N) is 3. The molecule has 7 nitrogen and oxygen atoms in total. The minimum atomic E-state index is -0.369. The van der Waals surface area contributed by atoms with E-state index >= 15 is 0 Å². The summed E-state index contributed by atoms with van der Waals surface area (Å²) in [5.74, 6) is 0.475. The first-order valence-electron chi connectivity index (χ1n) is 6.67. The molecule has 7 heteroatoms. The van der Waals surface area contributed by atoms with E-state index in [4.69, 9.17) is 0 Å². The average molecular weight is 268 g/mol. The van der Waals surface area contributed by atoms with Crippen LogP contribution >= 0.6 is 0 Å². The van der Waals surface area contributed by atoms with E-state index in [0.29, 0.717) is 17.9 Å². The van der Waals surface area contributed by atoms with Gasteiger partial charge in [-0.3, -0.25) is 10.1 Å². The Morgan fingerprint density at radius 2 is 2.11 bits per heavy atom. The topological polar surface area (TPSA) is 93.2 Å². The van der Waals surface area contributed by atoms with Crippen LogP contribution in [0, 0.1) is 10.1 Å². The number of nitro groups is 1. The van der Waals surface area contributed by atoms with Crippen LogP contribution in [-0.4, -0.2) is 32.0 Å². The van der Waals surface area contributed by atoms with Crippen molar-refractivity contribution >= 4 is 11.5 Å². The second-order valence-corrected chi connectivity index (χ2v) is 5.03. The summed E-state index contributed by atoms with van der Waals surface area (Å²) in [6.07, 6.45) is 3.43. The van der Waals surface area contributed by atoms with Gasteiger partial charge in [0.25, 0.3) is 0 Å². The van der Waals surface area contributed by atoms with Crippen molar-refractivity contribution in [1.82, 2.24) is 9.78 Å². The number of hydrogen-bond donors (Lipinski definition) is 2. The van der Waals surface area contributed by atoms with Gasteiger partial charge in [0.2, 0.25) is 5.82 Å². The Kier molecular flexibility index (Phi) is 4.04. The number of aromatic nitrogens is 2. The smallest absolute Gasteiger partial charge is 0.333 e. The molecule has 0 saturated heterocycles. The summed E-state index contributed by atoms with van der Waals surface area (Å²) in [4.78, 5) is 10.8. The molecule has 0 radical (unpaired) electrons. The van der Waals surface area contributed by atoms with Gasteiger partial charge in [-0.1, -0.05) is 6.92 Å². The van der Waals surface area contributed by atoms with Gasteiger partial charge in [0, 0.05) is 13.1 Å². The van der Waals surface area contributed by atoms with Gasteiger partial charge >= 0.3 is 5.69 Å². The van der Waals surface area contributed by atoms with Crippen molar-refractivity contribution in [2.75, 3.05) is 5.32 Å². The molecular formula is C12H20N4O3. The van der Waals surface area contributed by atoms with Crippen LogP contribution in [-0.2, 0) is 13.5 Å². The molecule has 1 saturated carbocycles. The van der Waals surface area contributed by atoms with Gasteiger partial charge in [-0.25, -0.2) is 4.68 Å². The van der Waals surface area contributed by atoms with Gasteiger partial charge in [0.05, 0.1) is 11.0 Å². The summed E-state index contributed by atoms with van der Waals surface area (Å²) < 4.78 is 1.54. The Hall–Kier alpha value is -1.63. The zero-order chi connectivity index (χ0) is 14.0. The molecule has 19 heavy (non-hydrogen) atoms. The molecule has 2 rings (SSSR count). The highest BCUT2D eigenvalue weighted by molar-refractivity contribution is 5.60. The SMILES string of the molecule is CCc1nn(C)c(NC2CCC(O)CC2)c1[N+](=O)[O-]. The van der Waals surface area contributed by atoms with Gasteiger partial charge < -0.3 is 10.4 Å².